The highest BCUT2D eigenvalue weighted by molar-refractivity contribution is 7.10. The number of morpholine rings is 1. The van der Waals surface area contributed by atoms with Crippen molar-refractivity contribution in [3.05, 3.63) is 22.4 Å². The molecule has 0 aromatic carbocycles. The summed E-state index contributed by atoms with van der Waals surface area (Å²) in [5.41, 5.74) is 0. The highest BCUT2D eigenvalue weighted by atomic mass is 32.1. The molecule has 0 saturated carbocycles. The van der Waals surface area contributed by atoms with Crippen LogP contribution in [-0.2, 0) is 9.53 Å². The third-order valence-electron chi connectivity index (χ3n) is 5.55. The third-order valence-corrected chi connectivity index (χ3v) is 6.52. The van der Waals surface area contributed by atoms with Crippen LogP contribution in [0.25, 0.3) is 0 Å². The molecule has 0 radical (unpaired) electrons. The number of amides is 1. The van der Waals surface area contributed by atoms with Crippen LogP contribution < -0.4 is 10.6 Å². The lowest BCUT2D eigenvalue weighted by molar-refractivity contribution is -0.122. The molecule has 2 unspecified atom stereocenters. The molecule has 25 heavy (non-hydrogen) atoms. The van der Waals surface area contributed by atoms with Gasteiger partial charge in [0.15, 0.2) is 0 Å². The van der Waals surface area contributed by atoms with E-state index in [1.165, 1.54) is 17.7 Å². The van der Waals surface area contributed by atoms with E-state index in [0.717, 1.165) is 39.4 Å². The van der Waals surface area contributed by atoms with E-state index in [9.17, 15) is 4.79 Å². The number of rotatable bonds is 7. The van der Waals surface area contributed by atoms with E-state index in [0.29, 0.717) is 24.8 Å². The van der Waals surface area contributed by atoms with Gasteiger partial charge in [-0.1, -0.05) is 13.0 Å². The maximum Gasteiger partial charge on any atom is 0.220 e. The van der Waals surface area contributed by atoms with E-state index >= 15 is 0 Å². The van der Waals surface area contributed by atoms with Gasteiger partial charge in [-0.15, -0.1) is 11.3 Å². The van der Waals surface area contributed by atoms with Crippen LogP contribution in [0.1, 0.15) is 37.1 Å². The predicted octanol–water partition coefficient (Wildman–Crippen LogP) is 2.26. The van der Waals surface area contributed by atoms with Gasteiger partial charge in [0.2, 0.25) is 5.91 Å². The fraction of sp³-hybridized carbons (Fsp3) is 0.737. The Hall–Kier alpha value is -0.950. The Bertz CT molecular complexity index is 511. The molecule has 3 rings (SSSR count). The fourth-order valence-corrected chi connectivity index (χ4v) is 4.80. The second-order valence-corrected chi connectivity index (χ2v) is 8.23. The summed E-state index contributed by atoms with van der Waals surface area (Å²) in [6.07, 6.45) is 3.03. The smallest absolute Gasteiger partial charge is 0.220 e. The van der Waals surface area contributed by atoms with Crippen molar-refractivity contribution in [3.63, 3.8) is 0 Å². The van der Waals surface area contributed by atoms with Gasteiger partial charge < -0.3 is 15.4 Å². The number of nitrogens with zero attached hydrogens (tertiary/aromatic N) is 1. The van der Waals surface area contributed by atoms with Gasteiger partial charge in [0.05, 0.1) is 19.3 Å². The van der Waals surface area contributed by atoms with Crippen LogP contribution in [0.4, 0.5) is 0 Å². The molecule has 2 aliphatic rings. The van der Waals surface area contributed by atoms with Crippen LogP contribution in [-0.4, -0.2) is 56.7 Å². The monoisotopic (exact) mass is 365 g/mol. The minimum Gasteiger partial charge on any atom is -0.379 e. The molecular formula is C19H31N3O2S. The SMILES string of the molecule is CC(CC(=O)NCC(c1cccs1)N1CCOCC1)C1CCNCC1. The number of carbonyl (C=O) groups excluding carboxylic acids is 1. The first kappa shape index (κ1) is 18.8. The van der Waals surface area contributed by atoms with Crippen LogP contribution in [0.3, 0.4) is 0 Å². The number of hydrogen-bond acceptors (Lipinski definition) is 5. The topological polar surface area (TPSA) is 53.6 Å². The van der Waals surface area contributed by atoms with Gasteiger partial charge in [0.25, 0.3) is 0 Å². The molecule has 2 atom stereocenters. The zero-order chi connectivity index (χ0) is 17.5. The first-order valence-corrected chi connectivity index (χ1v) is 10.4. The van der Waals surface area contributed by atoms with Crippen molar-refractivity contribution in [2.24, 2.45) is 11.8 Å². The Kier molecular flexibility index (Phi) is 7.28. The summed E-state index contributed by atoms with van der Waals surface area (Å²) in [7, 11) is 0. The molecule has 0 aliphatic carbocycles. The summed E-state index contributed by atoms with van der Waals surface area (Å²) >= 11 is 1.77. The number of hydrogen-bond donors (Lipinski definition) is 2. The van der Waals surface area contributed by atoms with Gasteiger partial charge >= 0.3 is 0 Å². The summed E-state index contributed by atoms with van der Waals surface area (Å²) < 4.78 is 5.48. The van der Waals surface area contributed by atoms with Gasteiger partial charge in [0, 0.05) is 30.9 Å². The molecule has 5 nitrogen and oxygen atoms in total. The second-order valence-electron chi connectivity index (χ2n) is 7.25. The molecule has 1 aromatic rings. The van der Waals surface area contributed by atoms with Crippen LogP contribution in [0, 0.1) is 11.8 Å². The standard InChI is InChI=1S/C19H31N3O2S/c1-15(16-4-6-20-7-5-16)13-19(23)21-14-17(18-3-2-12-25-18)22-8-10-24-11-9-22/h2-3,12,15-17,20H,4-11,13-14H2,1H3,(H,21,23). The van der Waals surface area contributed by atoms with Gasteiger partial charge in [-0.25, -0.2) is 0 Å². The molecule has 6 heteroatoms. The van der Waals surface area contributed by atoms with E-state index in [4.69, 9.17) is 4.74 Å². The number of piperidine rings is 1. The highest BCUT2D eigenvalue weighted by Gasteiger charge is 2.25. The molecule has 2 fully saturated rings. The number of nitrogens with one attached hydrogen (secondary N) is 2. The summed E-state index contributed by atoms with van der Waals surface area (Å²) in [5, 5.41) is 8.72. The third kappa shape index (κ3) is 5.51. The van der Waals surface area contributed by atoms with E-state index < -0.39 is 0 Å². The summed E-state index contributed by atoms with van der Waals surface area (Å²) in [4.78, 5) is 16.3. The first-order valence-electron chi connectivity index (χ1n) is 9.56. The van der Waals surface area contributed by atoms with Crippen LogP contribution in [0.5, 0.6) is 0 Å². The quantitative estimate of drug-likeness (QED) is 0.778. The highest BCUT2D eigenvalue weighted by Crippen LogP contribution is 2.26. The predicted molar refractivity (Wildman–Crippen MR) is 102 cm³/mol. The van der Waals surface area contributed by atoms with Gasteiger partial charge in [-0.2, -0.15) is 0 Å². The zero-order valence-electron chi connectivity index (χ0n) is 15.2. The average molecular weight is 366 g/mol. The molecule has 2 N–H and O–H groups in total. The zero-order valence-corrected chi connectivity index (χ0v) is 16.0. The van der Waals surface area contributed by atoms with Crippen molar-refractivity contribution >= 4 is 17.2 Å². The molecule has 2 aliphatic heterocycles. The summed E-state index contributed by atoms with van der Waals surface area (Å²) in [5.74, 6) is 1.34. The lowest BCUT2D eigenvalue weighted by Crippen LogP contribution is -2.43. The maximum absolute atomic E-state index is 12.5. The molecule has 3 heterocycles. The molecule has 0 bridgehead atoms. The van der Waals surface area contributed by atoms with Crippen molar-refractivity contribution in [2.75, 3.05) is 45.9 Å². The Morgan fingerprint density at radius 1 is 1.40 bits per heavy atom. The van der Waals surface area contributed by atoms with E-state index in [1.807, 2.05) is 0 Å². The Morgan fingerprint density at radius 2 is 2.16 bits per heavy atom. The van der Waals surface area contributed by atoms with Gasteiger partial charge in [-0.05, 0) is 49.2 Å². The number of thiophene rings is 1. The van der Waals surface area contributed by atoms with E-state index in [1.54, 1.807) is 11.3 Å². The lowest BCUT2D eigenvalue weighted by atomic mass is 9.84. The van der Waals surface area contributed by atoms with Crippen molar-refractivity contribution < 1.29 is 9.53 Å². The van der Waals surface area contributed by atoms with Crippen molar-refractivity contribution in [1.29, 1.82) is 0 Å². The Balaban J connectivity index is 1.50. The van der Waals surface area contributed by atoms with Gasteiger partial charge in [0.1, 0.15) is 0 Å². The molecule has 2 saturated heterocycles. The fourth-order valence-electron chi connectivity index (χ4n) is 3.93. The van der Waals surface area contributed by atoms with Crippen LogP contribution >= 0.6 is 11.3 Å². The normalized spacial score (nSPS) is 22.4. The molecule has 0 spiro atoms. The minimum absolute atomic E-state index is 0.195. The number of ether oxygens (including phenoxy) is 1. The van der Waals surface area contributed by atoms with Crippen LogP contribution in [0.15, 0.2) is 17.5 Å². The van der Waals surface area contributed by atoms with Crippen molar-refractivity contribution in [1.82, 2.24) is 15.5 Å². The van der Waals surface area contributed by atoms with Crippen molar-refractivity contribution in [3.8, 4) is 0 Å². The lowest BCUT2D eigenvalue weighted by Gasteiger charge is -2.34. The molecule has 1 aromatic heterocycles. The minimum atomic E-state index is 0.195. The van der Waals surface area contributed by atoms with E-state index in [-0.39, 0.29) is 11.9 Å². The van der Waals surface area contributed by atoms with Crippen molar-refractivity contribution in [2.45, 2.75) is 32.2 Å². The second kappa shape index (κ2) is 9.67. The largest absolute Gasteiger partial charge is 0.379 e. The molecular weight excluding hydrogens is 334 g/mol. The summed E-state index contributed by atoms with van der Waals surface area (Å²) in [6.45, 7) is 8.54. The Labute approximate surface area is 155 Å². The maximum atomic E-state index is 12.5. The van der Waals surface area contributed by atoms with Gasteiger partial charge in [-0.3, -0.25) is 9.69 Å². The average Bonchev–Trinajstić information content (AvgIpc) is 3.18. The Morgan fingerprint density at radius 3 is 2.84 bits per heavy atom. The van der Waals surface area contributed by atoms with E-state index in [2.05, 4.69) is 40.0 Å². The molecule has 1 amide bonds. The summed E-state index contributed by atoms with van der Waals surface area (Å²) in [6, 6.07) is 4.53. The van der Waals surface area contributed by atoms with Crippen LogP contribution in [0.2, 0.25) is 0 Å². The first-order chi connectivity index (χ1) is 12.2. The number of carbonyl (C=O) groups is 1. The molecule has 140 valence electrons.